The first-order chi connectivity index (χ1) is 6.19. The van der Waals surface area contributed by atoms with Gasteiger partial charge in [0.15, 0.2) is 0 Å². The molecule has 5 N–H and O–H groups in total. The molecule has 0 amide bonds. The number of hydrogen-bond acceptors (Lipinski definition) is 4. The highest BCUT2D eigenvalue weighted by Crippen LogP contribution is 2.28. The highest BCUT2D eigenvalue weighted by atomic mass is 16.3. The minimum Gasteiger partial charge on any atom is -0.508 e. The van der Waals surface area contributed by atoms with Gasteiger partial charge in [-0.15, -0.1) is 0 Å². The molecule has 4 heteroatoms. The Labute approximate surface area is 76.2 Å². The number of benzene rings is 1. The molecule has 0 aliphatic carbocycles. The first-order valence-electron chi connectivity index (χ1n) is 4.01. The van der Waals surface area contributed by atoms with E-state index in [1.807, 2.05) is 0 Å². The molecule has 1 rings (SSSR count). The van der Waals surface area contributed by atoms with Crippen molar-refractivity contribution in [3.8, 4) is 11.5 Å². The quantitative estimate of drug-likeness (QED) is 0.502. The fraction of sp³-hybridized carbons (Fsp3) is 0.333. The lowest BCUT2D eigenvalue weighted by Gasteiger charge is -2.13. The van der Waals surface area contributed by atoms with Crippen molar-refractivity contribution in [2.75, 3.05) is 13.2 Å². The number of phenols is 2. The number of aliphatic hydroxyl groups excluding tert-OH is 1. The van der Waals surface area contributed by atoms with E-state index in [1.54, 1.807) is 0 Å². The molecular formula is C9H13NO3. The van der Waals surface area contributed by atoms with Gasteiger partial charge in [-0.25, -0.2) is 0 Å². The van der Waals surface area contributed by atoms with Crippen molar-refractivity contribution in [2.24, 2.45) is 5.73 Å². The van der Waals surface area contributed by atoms with Crippen LogP contribution in [0.4, 0.5) is 0 Å². The second-order valence-corrected chi connectivity index (χ2v) is 2.86. The average molecular weight is 183 g/mol. The SMILES string of the molecule is NCC(CO)c1cc(O)ccc1O. The van der Waals surface area contributed by atoms with E-state index in [9.17, 15) is 5.11 Å². The maximum atomic E-state index is 9.39. The lowest BCUT2D eigenvalue weighted by atomic mass is 9.99. The van der Waals surface area contributed by atoms with Gasteiger partial charge in [-0.3, -0.25) is 0 Å². The maximum absolute atomic E-state index is 9.39. The zero-order valence-electron chi connectivity index (χ0n) is 7.14. The van der Waals surface area contributed by atoms with Crippen LogP contribution in [-0.2, 0) is 0 Å². The molecule has 0 radical (unpaired) electrons. The Morgan fingerprint density at radius 1 is 1.31 bits per heavy atom. The summed E-state index contributed by atoms with van der Waals surface area (Å²) in [6.45, 7) is 0.0844. The summed E-state index contributed by atoms with van der Waals surface area (Å²) < 4.78 is 0. The molecule has 0 saturated heterocycles. The normalized spacial score (nSPS) is 12.8. The van der Waals surface area contributed by atoms with Crippen molar-refractivity contribution in [1.82, 2.24) is 0 Å². The molecule has 1 atom stereocenters. The van der Waals surface area contributed by atoms with Gasteiger partial charge in [-0.1, -0.05) is 0 Å². The van der Waals surface area contributed by atoms with Gasteiger partial charge in [-0.05, 0) is 18.2 Å². The van der Waals surface area contributed by atoms with Crippen molar-refractivity contribution >= 4 is 0 Å². The summed E-state index contributed by atoms with van der Waals surface area (Å²) >= 11 is 0. The summed E-state index contributed by atoms with van der Waals surface area (Å²) in [4.78, 5) is 0. The highest BCUT2D eigenvalue weighted by molar-refractivity contribution is 5.41. The van der Waals surface area contributed by atoms with E-state index in [1.165, 1.54) is 18.2 Å². The average Bonchev–Trinajstić information content (AvgIpc) is 2.13. The van der Waals surface area contributed by atoms with Gasteiger partial charge < -0.3 is 21.1 Å². The third kappa shape index (κ3) is 2.11. The Balaban J connectivity index is 3.03. The molecule has 13 heavy (non-hydrogen) atoms. The summed E-state index contributed by atoms with van der Waals surface area (Å²) in [7, 11) is 0. The summed E-state index contributed by atoms with van der Waals surface area (Å²) in [5, 5.41) is 27.5. The van der Waals surface area contributed by atoms with Crippen LogP contribution in [0, 0.1) is 0 Å². The van der Waals surface area contributed by atoms with Gasteiger partial charge in [0.1, 0.15) is 11.5 Å². The van der Waals surface area contributed by atoms with Crippen LogP contribution in [0.1, 0.15) is 11.5 Å². The first kappa shape index (κ1) is 9.83. The highest BCUT2D eigenvalue weighted by Gasteiger charge is 2.13. The Kier molecular flexibility index (Phi) is 3.11. The van der Waals surface area contributed by atoms with Gasteiger partial charge in [-0.2, -0.15) is 0 Å². The second kappa shape index (κ2) is 4.11. The molecule has 1 aromatic carbocycles. The van der Waals surface area contributed by atoms with Crippen molar-refractivity contribution in [3.63, 3.8) is 0 Å². The van der Waals surface area contributed by atoms with Gasteiger partial charge in [0.25, 0.3) is 0 Å². The molecule has 0 spiro atoms. The number of rotatable bonds is 3. The van der Waals surface area contributed by atoms with Crippen LogP contribution >= 0.6 is 0 Å². The van der Waals surface area contributed by atoms with Gasteiger partial charge >= 0.3 is 0 Å². The lowest BCUT2D eigenvalue weighted by Crippen LogP contribution is -2.16. The summed E-state index contributed by atoms with van der Waals surface area (Å²) in [5.41, 5.74) is 5.86. The molecule has 0 bridgehead atoms. The molecule has 0 heterocycles. The van der Waals surface area contributed by atoms with Crippen LogP contribution in [0.5, 0.6) is 11.5 Å². The van der Waals surface area contributed by atoms with Crippen LogP contribution in [-0.4, -0.2) is 28.5 Å². The predicted octanol–water partition coefficient (Wildman–Crippen LogP) is 0.132. The number of aromatic hydroxyl groups is 2. The Hall–Kier alpha value is -1.26. The second-order valence-electron chi connectivity index (χ2n) is 2.86. The lowest BCUT2D eigenvalue weighted by molar-refractivity contribution is 0.265. The summed E-state index contributed by atoms with van der Waals surface area (Å²) in [6, 6.07) is 4.16. The number of aliphatic hydroxyl groups is 1. The number of phenolic OH excluding ortho intramolecular Hbond substituents is 2. The number of nitrogens with two attached hydrogens (primary N) is 1. The minimum absolute atomic E-state index is 0.0438. The van der Waals surface area contributed by atoms with Crippen LogP contribution in [0.15, 0.2) is 18.2 Å². The van der Waals surface area contributed by atoms with E-state index < -0.39 is 0 Å². The third-order valence-electron chi connectivity index (χ3n) is 1.96. The molecular weight excluding hydrogens is 170 g/mol. The van der Waals surface area contributed by atoms with E-state index in [0.29, 0.717) is 5.56 Å². The topological polar surface area (TPSA) is 86.7 Å². The van der Waals surface area contributed by atoms with Crippen LogP contribution in [0.25, 0.3) is 0 Å². The van der Waals surface area contributed by atoms with E-state index in [0.717, 1.165) is 0 Å². The fourth-order valence-corrected chi connectivity index (χ4v) is 1.17. The molecule has 1 unspecified atom stereocenters. The van der Waals surface area contributed by atoms with Crippen LogP contribution in [0.2, 0.25) is 0 Å². The molecule has 0 aromatic heterocycles. The van der Waals surface area contributed by atoms with Crippen molar-refractivity contribution in [3.05, 3.63) is 23.8 Å². The third-order valence-corrected chi connectivity index (χ3v) is 1.96. The zero-order chi connectivity index (χ0) is 9.84. The van der Waals surface area contributed by atoms with Crippen molar-refractivity contribution < 1.29 is 15.3 Å². The molecule has 0 aliphatic rings. The molecule has 72 valence electrons. The number of hydrogen-bond donors (Lipinski definition) is 4. The van der Waals surface area contributed by atoms with E-state index in [2.05, 4.69) is 0 Å². The first-order valence-corrected chi connectivity index (χ1v) is 4.01. The molecule has 4 nitrogen and oxygen atoms in total. The molecule has 0 aliphatic heterocycles. The Bertz CT molecular complexity index is 284. The van der Waals surface area contributed by atoms with E-state index in [4.69, 9.17) is 15.9 Å². The van der Waals surface area contributed by atoms with Gasteiger partial charge in [0, 0.05) is 18.0 Å². The van der Waals surface area contributed by atoms with E-state index in [-0.39, 0.29) is 30.6 Å². The zero-order valence-corrected chi connectivity index (χ0v) is 7.14. The van der Waals surface area contributed by atoms with E-state index >= 15 is 0 Å². The maximum Gasteiger partial charge on any atom is 0.119 e. The molecule has 0 fully saturated rings. The van der Waals surface area contributed by atoms with Crippen molar-refractivity contribution in [1.29, 1.82) is 0 Å². The summed E-state index contributed by atoms with van der Waals surface area (Å²) in [6.07, 6.45) is 0. The van der Waals surface area contributed by atoms with Gasteiger partial charge in [0.2, 0.25) is 0 Å². The summed E-state index contributed by atoms with van der Waals surface area (Å²) in [5.74, 6) is -0.228. The smallest absolute Gasteiger partial charge is 0.119 e. The Morgan fingerprint density at radius 2 is 2.00 bits per heavy atom. The Morgan fingerprint density at radius 3 is 2.54 bits per heavy atom. The van der Waals surface area contributed by atoms with Crippen LogP contribution in [0.3, 0.4) is 0 Å². The monoisotopic (exact) mass is 183 g/mol. The fourth-order valence-electron chi connectivity index (χ4n) is 1.17. The van der Waals surface area contributed by atoms with Crippen molar-refractivity contribution in [2.45, 2.75) is 5.92 Å². The van der Waals surface area contributed by atoms with Crippen LogP contribution < -0.4 is 5.73 Å². The molecule has 1 aromatic rings. The standard InChI is InChI=1S/C9H13NO3/c10-4-6(5-11)8-3-7(12)1-2-9(8)13/h1-3,6,11-13H,4-5,10H2. The minimum atomic E-state index is -0.327. The largest absolute Gasteiger partial charge is 0.508 e. The molecule has 0 saturated carbocycles. The predicted molar refractivity (Wildman–Crippen MR) is 48.7 cm³/mol. The van der Waals surface area contributed by atoms with Gasteiger partial charge in [0.05, 0.1) is 6.61 Å².